The number of aromatic nitrogens is 1. The van der Waals surface area contributed by atoms with Gasteiger partial charge in [-0.1, -0.05) is 35.5 Å². The van der Waals surface area contributed by atoms with Crippen LogP contribution in [-0.4, -0.2) is 31.2 Å². The lowest BCUT2D eigenvalue weighted by atomic mass is 10.2. The highest BCUT2D eigenvalue weighted by Gasteiger charge is 2.08. The number of ether oxygens (including phenoxy) is 1. The first-order valence-corrected chi connectivity index (χ1v) is 9.49. The highest BCUT2D eigenvalue weighted by Crippen LogP contribution is 2.26. The number of benzene rings is 1. The number of halogens is 1. The molecule has 0 saturated carbocycles. The molecular formula is C16H19ClN2O2S2. The molecule has 1 aromatic heterocycles. The summed E-state index contributed by atoms with van der Waals surface area (Å²) in [4.78, 5) is 16.3. The van der Waals surface area contributed by atoms with Crippen LogP contribution in [0.15, 0.2) is 34.0 Å². The number of nitrogens with zero attached hydrogens (tertiary/aromatic N) is 1. The predicted molar refractivity (Wildman–Crippen MR) is 96.3 cm³/mol. The smallest absolute Gasteiger partial charge is 0.226 e. The van der Waals surface area contributed by atoms with Crippen molar-refractivity contribution in [3.8, 4) is 0 Å². The summed E-state index contributed by atoms with van der Waals surface area (Å²) in [6.07, 6.45) is 1.15. The summed E-state index contributed by atoms with van der Waals surface area (Å²) in [5, 5.41) is 5.55. The van der Waals surface area contributed by atoms with Crippen molar-refractivity contribution in [3.63, 3.8) is 0 Å². The van der Waals surface area contributed by atoms with E-state index >= 15 is 0 Å². The standard InChI is InChI=1S/C16H19ClN2O2S2/c1-21-8-2-7-18-15(20)9-14-11-23-16(19-14)22-10-12-3-5-13(17)6-4-12/h3-6,11H,2,7-10H2,1H3,(H,18,20). The number of rotatable bonds is 9. The molecule has 0 saturated heterocycles. The Kier molecular flexibility index (Phi) is 7.88. The third-order valence-corrected chi connectivity index (χ3v) is 5.39. The molecule has 124 valence electrons. The molecule has 0 spiro atoms. The molecule has 1 aromatic carbocycles. The minimum Gasteiger partial charge on any atom is -0.385 e. The van der Waals surface area contributed by atoms with Gasteiger partial charge in [0.1, 0.15) is 4.34 Å². The molecule has 0 fully saturated rings. The Bertz CT molecular complexity index is 617. The molecule has 2 rings (SSSR count). The topological polar surface area (TPSA) is 51.2 Å². The molecule has 1 N–H and O–H groups in total. The van der Waals surface area contributed by atoms with E-state index in [-0.39, 0.29) is 5.91 Å². The van der Waals surface area contributed by atoms with Crippen molar-refractivity contribution in [2.45, 2.75) is 22.9 Å². The van der Waals surface area contributed by atoms with E-state index in [4.69, 9.17) is 16.3 Å². The molecule has 0 aliphatic carbocycles. The van der Waals surface area contributed by atoms with E-state index in [0.29, 0.717) is 19.6 Å². The summed E-state index contributed by atoms with van der Waals surface area (Å²) in [7, 11) is 1.65. The van der Waals surface area contributed by atoms with Crippen LogP contribution in [0, 0.1) is 0 Å². The Morgan fingerprint density at radius 2 is 2.17 bits per heavy atom. The van der Waals surface area contributed by atoms with Crippen LogP contribution in [0.5, 0.6) is 0 Å². The second kappa shape index (κ2) is 9.93. The summed E-state index contributed by atoms with van der Waals surface area (Å²) in [5.41, 5.74) is 2.02. The fourth-order valence-electron chi connectivity index (χ4n) is 1.83. The van der Waals surface area contributed by atoms with Crippen LogP contribution >= 0.6 is 34.7 Å². The van der Waals surface area contributed by atoms with Crippen LogP contribution in [0.1, 0.15) is 17.7 Å². The molecular weight excluding hydrogens is 352 g/mol. The van der Waals surface area contributed by atoms with Crippen LogP contribution in [0.2, 0.25) is 5.02 Å². The van der Waals surface area contributed by atoms with Crippen molar-refractivity contribution >= 4 is 40.6 Å². The maximum atomic E-state index is 11.8. The van der Waals surface area contributed by atoms with E-state index in [1.165, 1.54) is 5.56 Å². The fraction of sp³-hybridized carbons (Fsp3) is 0.375. The highest BCUT2D eigenvalue weighted by molar-refractivity contribution is 8.00. The first-order valence-electron chi connectivity index (χ1n) is 7.24. The van der Waals surface area contributed by atoms with E-state index in [1.54, 1.807) is 30.2 Å². The van der Waals surface area contributed by atoms with Crippen molar-refractivity contribution < 1.29 is 9.53 Å². The molecule has 4 nitrogen and oxygen atoms in total. The number of amides is 1. The lowest BCUT2D eigenvalue weighted by Crippen LogP contribution is -2.26. The minimum absolute atomic E-state index is 0.000606. The summed E-state index contributed by atoms with van der Waals surface area (Å²) in [6, 6.07) is 7.80. The lowest BCUT2D eigenvalue weighted by Gasteiger charge is -2.03. The molecule has 7 heteroatoms. The SMILES string of the molecule is COCCCNC(=O)Cc1csc(SCc2ccc(Cl)cc2)n1. The van der Waals surface area contributed by atoms with Gasteiger partial charge < -0.3 is 10.1 Å². The monoisotopic (exact) mass is 370 g/mol. The zero-order valence-electron chi connectivity index (χ0n) is 12.9. The highest BCUT2D eigenvalue weighted by atomic mass is 35.5. The Hall–Kier alpha value is -1.08. The molecule has 0 radical (unpaired) electrons. The van der Waals surface area contributed by atoms with E-state index < -0.39 is 0 Å². The molecule has 0 atom stereocenters. The number of methoxy groups -OCH3 is 1. The van der Waals surface area contributed by atoms with Gasteiger partial charge in [-0.3, -0.25) is 4.79 Å². The summed E-state index contributed by atoms with van der Waals surface area (Å²) in [5.74, 6) is 0.841. The number of hydrogen-bond acceptors (Lipinski definition) is 5. The summed E-state index contributed by atoms with van der Waals surface area (Å²) < 4.78 is 5.92. The fourth-order valence-corrected chi connectivity index (χ4v) is 3.76. The van der Waals surface area contributed by atoms with Crippen LogP contribution in [0.25, 0.3) is 0 Å². The van der Waals surface area contributed by atoms with Gasteiger partial charge in [-0.2, -0.15) is 0 Å². The van der Waals surface area contributed by atoms with Gasteiger partial charge in [-0.05, 0) is 24.1 Å². The van der Waals surface area contributed by atoms with Gasteiger partial charge in [-0.25, -0.2) is 4.98 Å². The number of thiazole rings is 1. The van der Waals surface area contributed by atoms with Crippen LogP contribution in [0.3, 0.4) is 0 Å². The molecule has 23 heavy (non-hydrogen) atoms. The second-order valence-corrected chi connectivity index (χ2v) is 7.41. The summed E-state index contributed by atoms with van der Waals surface area (Å²) >= 11 is 9.11. The third-order valence-electron chi connectivity index (χ3n) is 3.00. The predicted octanol–water partition coefficient (Wildman–Crippen LogP) is 3.78. The van der Waals surface area contributed by atoms with E-state index in [9.17, 15) is 4.79 Å². The number of carbonyl (C=O) groups excluding carboxylic acids is 1. The van der Waals surface area contributed by atoms with Crippen molar-refractivity contribution in [2.75, 3.05) is 20.3 Å². The van der Waals surface area contributed by atoms with Crippen molar-refractivity contribution in [1.82, 2.24) is 10.3 Å². The van der Waals surface area contributed by atoms with Gasteiger partial charge >= 0.3 is 0 Å². The Labute approximate surface area is 149 Å². The minimum atomic E-state index is 0.000606. The van der Waals surface area contributed by atoms with Gasteiger partial charge in [0.2, 0.25) is 5.91 Å². The van der Waals surface area contributed by atoms with Gasteiger partial charge in [0.15, 0.2) is 0 Å². The Morgan fingerprint density at radius 1 is 1.39 bits per heavy atom. The molecule has 1 amide bonds. The first kappa shape index (κ1) is 18.3. The number of nitrogens with one attached hydrogen (secondary N) is 1. The Morgan fingerprint density at radius 3 is 2.91 bits per heavy atom. The zero-order valence-corrected chi connectivity index (χ0v) is 15.3. The summed E-state index contributed by atoms with van der Waals surface area (Å²) in [6.45, 7) is 1.29. The maximum Gasteiger partial charge on any atom is 0.226 e. The molecule has 0 aliphatic rings. The van der Waals surface area contributed by atoms with Gasteiger partial charge in [-0.15, -0.1) is 11.3 Å². The van der Waals surface area contributed by atoms with Crippen LogP contribution in [-0.2, 0) is 21.7 Å². The number of thioether (sulfide) groups is 1. The first-order chi connectivity index (χ1) is 11.2. The third kappa shape index (κ3) is 6.91. The molecule has 1 heterocycles. The maximum absolute atomic E-state index is 11.8. The van der Waals surface area contributed by atoms with Gasteiger partial charge in [0, 0.05) is 36.4 Å². The normalized spacial score (nSPS) is 10.7. The van der Waals surface area contributed by atoms with Crippen LogP contribution < -0.4 is 5.32 Å². The largest absolute Gasteiger partial charge is 0.385 e. The van der Waals surface area contributed by atoms with Gasteiger partial charge in [0.25, 0.3) is 0 Å². The van der Waals surface area contributed by atoms with Crippen molar-refractivity contribution in [3.05, 3.63) is 45.9 Å². The number of hydrogen-bond donors (Lipinski definition) is 1. The average Bonchev–Trinajstić information content (AvgIpc) is 2.98. The molecule has 0 bridgehead atoms. The average molecular weight is 371 g/mol. The van der Waals surface area contributed by atoms with Crippen molar-refractivity contribution in [2.24, 2.45) is 0 Å². The van der Waals surface area contributed by atoms with Gasteiger partial charge in [0.05, 0.1) is 12.1 Å². The van der Waals surface area contributed by atoms with E-state index in [1.807, 2.05) is 29.6 Å². The lowest BCUT2D eigenvalue weighted by molar-refractivity contribution is -0.120. The molecule has 0 unspecified atom stereocenters. The second-order valence-electron chi connectivity index (χ2n) is 4.89. The van der Waals surface area contributed by atoms with E-state index in [0.717, 1.165) is 27.2 Å². The molecule has 2 aromatic rings. The van der Waals surface area contributed by atoms with E-state index in [2.05, 4.69) is 10.3 Å². The zero-order chi connectivity index (χ0) is 16.5. The number of carbonyl (C=O) groups is 1. The van der Waals surface area contributed by atoms with Crippen LogP contribution in [0.4, 0.5) is 0 Å². The van der Waals surface area contributed by atoms with Crippen molar-refractivity contribution in [1.29, 1.82) is 0 Å². The molecule has 0 aliphatic heterocycles. The quantitative estimate of drug-likeness (QED) is 0.539. The Balaban J connectivity index is 1.74.